The van der Waals surface area contributed by atoms with Gasteiger partial charge in [-0.2, -0.15) is 0 Å². The molecule has 0 fully saturated rings. The number of carbonyl (C=O) groups is 2. The van der Waals surface area contributed by atoms with Crippen molar-refractivity contribution >= 4 is 27.7 Å². The summed E-state index contributed by atoms with van der Waals surface area (Å²) in [5.74, 6) is 1.13. The predicted molar refractivity (Wildman–Crippen MR) is 145 cm³/mol. The summed E-state index contributed by atoms with van der Waals surface area (Å²) in [4.78, 5) is 22.9. The van der Waals surface area contributed by atoms with E-state index in [2.05, 4.69) is 36.0 Å². The van der Waals surface area contributed by atoms with Gasteiger partial charge >= 0.3 is 0 Å². The third kappa shape index (κ3) is 6.86. The summed E-state index contributed by atoms with van der Waals surface area (Å²) in [6.45, 7) is 7.20. The minimum Gasteiger partial charge on any atom is -0.494 e. The van der Waals surface area contributed by atoms with Crippen LogP contribution in [0, 0.1) is 13.8 Å². The van der Waals surface area contributed by atoms with E-state index in [1.54, 1.807) is 12.1 Å². The lowest BCUT2D eigenvalue weighted by atomic mass is 9.94. The summed E-state index contributed by atoms with van der Waals surface area (Å²) < 4.78 is 26.2. The van der Waals surface area contributed by atoms with Crippen LogP contribution < -0.4 is 19.5 Å². The second kappa shape index (κ2) is 11.9. The maximum absolute atomic E-state index is 11.9. The zero-order chi connectivity index (χ0) is 26.4. The van der Waals surface area contributed by atoms with E-state index in [1.807, 2.05) is 36.4 Å². The summed E-state index contributed by atoms with van der Waals surface area (Å²) >= 11 is 0. The number of aryl methyl sites for hydroxylation is 2. The van der Waals surface area contributed by atoms with Crippen LogP contribution in [0.1, 0.15) is 35.6 Å². The highest BCUT2D eigenvalue weighted by Gasteiger charge is 2.20. The van der Waals surface area contributed by atoms with Crippen molar-refractivity contribution in [2.24, 2.45) is 0 Å². The van der Waals surface area contributed by atoms with Gasteiger partial charge in [0.05, 0.1) is 11.5 Å². The highest BCUT2D eigenvalue weighted by atomic mass is 32.2. The minimum absolute atomic E-state index is 0.0333. The van der Waals surface area contributed by atoms with Crippen molar-refractivity contribution in [3.8, 4) is 22.6 Å². The van der Waals surface area contributed by atoms with Crippen molar-refractivity contribution in [3.05, 3.63) is 89.0 Å². The predicted octanol–water partition coefficient (Wildman–Crippen LogP) is 4.59. The molecule has 1 aliphatic heterocycles. The quantitative estimate of drug-likeness (QED) is 0.383. The summed E-state index contributed by atoms with van der Waals surface area (Å²) in [6, 6.07) is 19.6. The molecule has 0 bridgehead atoms. The minimum atomic E-state index is -1.51. The molecule has 2 N–H and O–H groups in total. The molecule has 1 unspecified atom stereocenters. The van der Waals surface area contributed by atoms with E-state index in [0.717, 1.165) is 45.6 Å². The molecule has 0 radical (unpaired) electrons. The normalized spacial score (nSPS) is 14.6. The van der Waals surface area contributed by atoms with Gasteiger partial charge in [0, 0.05) is 19.5 Å². The molecule has 0 saturated carbocycles. The molecular weight excluding hydrogens is 488 g/mol. The van der Waals surface area contributed by atoms with Crippen LogP contribution in [0.4, 0.5) is 0 Å². The first-order valence-electron chi connectivity index (χ1n) is 12.1. The number of amides is 2. The van der Waals surface area contributed by atoms with Gasteiger partial charge in [0.25, 0.3) is 5.91 Å². The lowest BCUT2D eigenvalue weighted by molar-refractivity contribution is -0.119. The number of nitrogens with one attached hydrogen (secondary N) is 2. The summed E-state index contributed by atoms with van der Waals surface area (Å²) in [5.41, 5.74) is 6.27. The second-order valence-corrected chi connectivity index (χ2v) is 10.1. The molecule has 4 rings (SSSR count). The molecular formula is C29H30N2O5S. The number of hydrogen-bond acceptors (Lipinski definition) is 5. The van der Waals surface area contributed by atoms with Crippen LogP contribution >= 0.6 is 0 Å². The highest BCUT2D eigenvalue weighted by Crippen LogP contribution is 2.32. The summed E-state index contributed by atoms with van der Waals surface area (Å²) in [6.07, 6.45) is 2.10. The summed E-state index contributed by atoms with van der Waals surface area (Å²) in [5, 5.41) is 2.77. The first-order valence-corrected chi connectivity index (χ1v) is 13.2. The Hall–Kier alpha value is -3.91. The smallest absolute Gasteiger partial charge is 0.257 e. The van der Waals surface area contributed by atoms with E-state index in [4.69, 9.17) is 9.47 Å². The van der Waals surface area contributed by atoms with Crippen molar-refractivity contribution < 1.29 is 23.3 Å². The van der Waals surface area contributed by atoms with Crippen molar-refractivity contribution in [1.82, 2.24) is 10.0 Å². The van der Waals surface area contributed by atoms with Gasteiger partial charge in [-0.1, -0.05) is 30.3 Å². The van der Waals surface area contributed by atoms with Gasteiger partial charge < -0.3 is 14.8 Å². The molecule has 1 atom stereocenters. The van der Waals surface area contributed by atoms with Gasteiger partial charge in [0.2, 0.25) is 5.91 Å². The summed E-state index contributed by atoms with van der Waals surface area (Å²) in [7, 11) is -1.51. The van der Waals surface area contributed by atoms with Gasteiger partial charge in [-0.25, -0.2) is 4.21 Å². The van der Waals surface area contributed by atoms with Crippen molar-refractivity contribution in [2.75, 3.05) is 13.2 Å². The Labute approximate surface area is 219 Å². The van der Waals surface area contributed by atoms with Gasteiger partial charge in [-0.05, 0) is 84.0 Å². The molecule has 0 saturated heterocycles. The van der Waals surface area contributed by atoms with Crippen LogP contribution in [0.3, 0.4) is 0 Å². The molecule has 8 heteroatoms. The van der Waals surface area contributed by atoms with Gasteiger partial charge in [-0.3, -0.25) is 14.3 Å². The molecule has 2 amide bonds. The zero-order valence-corrected chi connectivity index (χ0v) is 21.9. The lowest BCUT2D eigenvalue weighted by Gasteiger charge is -2.15. The van der Waals surface area contributed by atoms with Crippen molar-refractivity contribution in [3.63, 3.8) is 0 Å². The number of hydrogen-bond donors (Lipinski definition) is 2. The van der Waals surface area contributed by atoms with E-state index in [1.165, 1.54) is 13.0 Å². The van der Waals surface area contributed by atoms with Crippen LogP contribution in [0.2, 0.25) is 0 Å². The first kappa shape index (κ1) is 26.2. The maximum atomic E-state index is 11.9. The fourth-order valence-corrected chi connectivity index (χ4v) is 5.14. The maximum Gasteiger partial charge on any atom is 0.257 e. The molecule has 1 heterocycles. The number of benzene rings is 3. The highest BCUT2D eigenvalue weighted by molar-refractivity contribution is 7.93. The zero-order valence-electron chi connectivity index (χ0n) is 21.1. The molecule has 1 aliphatic rings. The van der Waals surface area contributed by atoms with Crippen LogP contribution in [0.25, 0.3) is 16.0 Å². The first-order chi connectivity index (χ1) is 17.8. The average molecular weight is 519 g/mol. The number of ether oxygens (including phenoxy) is 2. The van der Waals surface area contributed by atoms with E-state index in [-0.39, 0.29) is 11.8 Å². The molecule has 192 valence electrons. The lowest BCUT2D eigenvalue weighted by Crippen LogP contribution is -2.22. The van der Waals surface area contributed by atoms with Crippen molar-refractivity contribution in [1.29, 1.82) is 0 Å². The van der Waals surface area contributed by atoms with E-state index < -0.39 is 11.0 Å². The number of carbonyl (C=O) groups excluding carboxylic acids is 2. The molecule has 3 aromatic rings. The third-order valence-electron chi connectivity index (χ3n) is 5.89. The van der Waals surface area contributed by atoms with Gasteiger partial charge in [0.1, 0.15) is 18.1 Å². The Morgan fingerprint density at radius 1 is 0.946 bits per heavy atom. The molecule has 0 aliphatic carbocycles. The Bertz CT molecular complexity index is 1340. The van der Waals surface area contributed by atoms with Gasteiger partial charge in [-0.15, -0.1) is 0 Å². The van der Waals surface area contributed by atoms with Crippen LogP contribution in [-0.4, -0.2) is 29.2 Å². The largest absolute Gasteiger partial charge is 0.494 e. The standard InChI is InChI=1S/C29H30N2O5S/c1-19-14-26(35-13-5-12-30-21(3)32)15-20(2)29(19)24-7-4-6-22(16-24)18-36-25-10-8-23(9-11-25)27-17-28(33)31-37(27)34/h4,6-11,14-17H,5,12-13,18H2,1-3H3,(H,30,32)(H,31,33). The average Bonchev–Trinajstić information content (AvgIpc) is 3.20. The monoisotopic (exact) mass is 518 g/mol. The topological polar surface area (TPSA) is 93.7 Å². The van der Waals surface area contributed by atoms with Crippen molar-refractivity contribution in [2.45, 2.75) is 33.8 Å². The van der Waals surface area contributed by atoms with Crippen LogP contribution in [0.5, 0.6) is 11.5 Å². The Balaban J connectivity index is 1.39. The van der Waals surface area contributed by atoms with Crippen LogP contribution in [0.15, 0.2) is 66.7 Å². The second-order valence-electron chi connectivity index (χ2n) is 8.87. The Morgan fingerprint density at radius 2 is 1.68 bits per heavy atom. The molecule has 0 aromatic heterocycles. The van der Waals surface area contributed by atoms with Gasteiger partial charge in [0.15, 0.2) is 11.0 Å². The van der Waals surface area contributed by atoms with E-state index in [9.17, 15) is 13.8 Å². The molecule has 37 heavy (non-hydrogen) atoms. The third-order valence-corrected chi connectivity index (χ3v) is 7.02. The number of rotatable bonds is 10. The van der Waals surface area contributed by atoms with E-state index in [0.29, 0.717) is 30.4 Å². The SMILES string of the molecule is CC(=O)NCCCOc1cc(C)c(-c2cccc(COc3ccc(C4=CC(=O)NS4=O)cc3)c2)c(C)c1. The fourth-order valence-electron chi connectivity index (χ4n) is 4.23. The Morgan fingerprint density at radius 3 is 2.32 bits per heavy atom. The van der Waals surface area contributed by atoms with Crippen LogP contribution in [-0.2, 0) is 27.2 Å². The Kier molecular flexibility index (Phi) is 8.40. The fraction of sp³-hybridized carbons (Fsp3) is 0.241. The molecule has 0 spiro atoms. The molecule has 7 nitrogen and oxygen atoms in total. The molecule has 3 aromatic carbocycles. The van der Waals surface area contributed by atoms with E-state index >= 15 is 0 Å².